The van der Waals surface area contributed by atoms with Crippen LogP contribution >= 0.6 is 11.3 Å². The Labute approximate surface area is 189 Å². The van der Waals surface area contributed by atoms with Gasteiger partial charge in [0.15, 0.2) is 5.96 Å². The SMILES string of the molecule is CN=C(NCC1CCN(Cc2nc(C)c(C)o2)CC1)N(C)Cc1csc(C(C)OC)n1. The normalized spacial score (nSPS) is 17.2. The van der Waals surface area contributed by atoms with E-state index in [9.17, 15) is 0 Å². The van der Waals surface area contributed by atoms with Crippen LogP contribution in [0.1, 0.15) is 53.9 Å². The van der Waals surface area contributed by atoms with Crippen LogP contribution in [-0.2, 0) is 17.8 Å². The average Bonchev–Trinajstić information content (AvgIpc) is 3.35. The molecule has 0 aliphatic carbocycles. The molecule has 0 spiro atoms. The van der Waals surface area contributed by atoms with Gasteiger partial charge in [0.05, 0.1) is 24.5 Å². The molecule has 8 nitrogen and oxygen atoms in total. The number of oxazole rings is 1. The quantitative estimate of drug-likeness (QED) is 0.490. The van der Waals surface area contributed by atoms with Crippen molar-refractivity contribution in [1.29, 1.82) is 0 Å². The highest BCUT2D eigenvalue weighted by Crippen LogP contribution is 2.21. The van der Waals surface area contributed by atoms with Crippen molar-refractivity contribution >= 4 is 17.3 Å². The molecule has 1 atom stereocenters. The number of thiazole rings is 1. The first-order valence-electron chi connectivity index (χ1n) is 10.9. The van der Waals surface area contributed by atoms with E-state index in [1.165, 1.54) is 0 Å². The lowest BCUT2D eigenvalue weighted by atomic mass is 9.97. The number of hydrogen-bond donors (Lipinski definition) is 1. The Balaban J connectivity index is 1.42. The van der Waals surface area contributed by atoms with Gasteiger partial charge in [0.25, 0.3) is 0 Å². The Bertz CT molecular complexity index is 837. The maximum absolute atomic E-state index is 5.74. The van der Waals surface area contributed by atoms with Crippen LogP contribution in [0.3, 0.4) is 0 Å². The number of aliphatic imine (C=N–C) groups is 1. The summed E-state index contributed by atoms with van der Waals surface area (Å²) in [7, 11) is 5.60. The number of likely N-dealkylation sites (tertiary alicyclic amines) is 1. The predicted molar refractivity (Wildman–Crippen MR) is 124 cm³/mol. The molecule has 1 aliphatic heterocycles. The second-order valence-corrected chi connectivity index (χ2v) is 9.20. The summed E-state index contributed by atoms with van der Waals surface area (Å²) in [6, 6.07) is 0. The first-order chi connectivity index (χ1) is 14.9. The highest BCUT2D eigenvalue weighted by atomic mass is 32.1. The van der Waals surface area contributed by atoms with Crippen LogP contribution in [0.4, 0.5) is 0 Å². The summed E-state index contributed by atoms with van der Waals surface area (Å²) >= 11 is 1.64. The third-order valence-corrected chi connectivity index (χ3v) is 6.99. The second-order valence-electron chi connectivity index (χ2n) is 8.31. The van der Waals surface area contributed by atoms with E-state index in [2.05, 4.69) is 42.5 Å². The average molecular weight is 449 g/mol. The molecule has 1 fully saturated rings. The van der Waals surface area contributed by atoms with E-state index in [0.29, 0.717) is 5.92 Å². The molecule has 0 aromatic carbocycles. The van der Waals surface area contributed by atoms with Crippen molar-refractivity contribution in [2.75, 3.05) is 40.8 Å². The van der Waals surface area contributed by atoms with Gasteiger partial charge in [-0.25, -0.2) is 9.97 Å². The van der Waals surface area contributed by atoms with E-state index >= 15 is 0 Å². The summed E-state index contributed by atoms with van der Waals surface area (Å²) in [5, 5.41) is 6.66. The molecule has 1 saturated heterocycles. The van der Waals surface area contributed by atoms with E-state index < -0.39 is 0 Å². The Morgan fingerprint density at radius 2 is 2.13 bits per heavy atom. The van der Waals surface area contributed by atoms with Gasteiger partial charge in [-0.3, -0.25) is 9.89 Å². The fourth-order valence-corrected chi connectivity index (χ4v) is 4.61. The maximum Gasteiger partial charge on any atom is 0.208 e. The monoisotopic (exact) mass is 448 g/mol. The van der Waals surface area contributed by atoms with E-state index in [1.54, 1.807) is 18.4 Å². The largest absolute Gasteiger partial charge is 0.444 e. The highest BCUT2D eigenvalue weighted by Gasteiger charge is 2.22. The molecule has 1 N–H and O–H groups in total. The molecule has 0 amide bonds. The fourth-order valence-electron chi connectivity index (χ4n) is 3.77. The fraction of sp³-hybridized carbons (Fsp3) is 0.682. The van der Waals surface area contributed by atoms with Crippen molar-refractivity contribution in [3.05, 3.63) is 33.4 Å². The van der Waals surface area contributed by atoms with E-state index in [4.69, 9.17) is 9.15 Å². The zero-order valence-electron chi connectivity index (χ0n) is 19.6. The van der Waals surface area contributed by atoms with Crippen molar-refractivity contribution in [1.82, 2.24) is 25.1 Å². The molecule has 0 saturated carbocycles. The molecule has 31 heavy (non-hydrogen) atoms. The first-order valence-corrected chi connectivity index (χ1v) is 11.8. The summed E-state index contributed by atoms with van der Waals surface area (Å²) in [6.07, 6.45) is 2.36. The number of nitrogens with one attached hydrogen (secondary N) is 1. The molecular weight excluding hydrogens is 412 g/mol. The molecule has 3 rings (SSSR count). The van der Waals surface area contributed by atoms with Gasteiger partial charge in [-0.1, -0.05) is 0 Å². The van der Waals surface area contributed by atoms with Crippen LogP contribution < -0.4 is 5.32 Å². The molecule has 2 aromatic heterocycles. The van der Waals surface area contributed by atoms with Gasteiger partial charge in [0, 0.05) is 33.1 Å². The number of nitrogens with zero attached hydrogens (tertiary/aromatic N) is 5. The minimum atomic E-state index is 0.0315. The number of aromatic nitrogens is 2. The van der Waals surface area contributed by atoms with Gasteiger partial charge >= 0.3 is 0 Å². The topological polar surface area (TPSA) is 79.0 Å². The molecule has 3 heterocycles. The Morgan fingerprint density at radius 1 is 1.39 bits per heavy atom. The third-order valence-electron chi connectivity index (χ3n) is 5.93. The number of aryl methyl sites for hydroxylation is 2. The Kier molecular flexibility index (Phi) is 8.45. The maximum atomic E-state index is 5.74. The summed E-state index contributed by atoms with van der Waals surface area (Å²) in [4.78, 5) is 18.2. The molecule has 1 unspecified atom stereocenters. The number of hydrogen-bond acceptors (Lipinski definition) is 7. The van der Waals surface area contributed by atoms with Gasteiger partial charge < -0.3 is 19.4 Å². The van der Waals surface area contributed by atoms with E-state index in [1.807, 2.05) is 27.8 Å². The molecule has 2 aromatic rings. The number of guanidine groups is 1. The van der Waals surface area contributed by atoms with Gasteiger partial charge in [-0.2, -0.15) is 0 Å². The molecule has 1 aliphatic rings. The lowest BCUT2D eigenvalue weighted by molar-refractivity contribution is 0.119. The lowest BCUT2D eigenvalue weighted by Crippen LogP contribution is -2.43. The van der Waals surface area contributed by atoms with Crippen LogP contribution in [-0.4, -0.2) is 66.6 Å². The van der Waals surface area contributed by atoms with Gasteiger partial charge in [0.2, 0.25) is 5.89 Å². The molecule has 0 bridgehead atoms. The number of ether oxygens (including phenoxy) is 1. The number of piperidine rings is 1. The molecular formula is C22H36N6O2S. The van der Waals surface area contributed by atoms with Gasteiger partial charge in [-0.15, -0.1) is 11.3 Å². The van der Waals surface area contributed by atoms with Crippen molar-refractivity contribution in [2.45, 2.75) is 52.8 Å². The Morgan fingerprint density at radius 3 is 2.74 bits per heavy atom. The third kappa shape index (κ3) is 6.51. The predicted octanol–water partition coefficient (Wildman–Crippen LogP) is 3.37. The van der Waals surface area contributed by atoms with Crippen LogP contribution in [0.15, 0.2) is 14.8 Å². The minimum absolute atomic E-state index is 0.0315. The molecule has 9 heteroatoms. The van der Waals surface area contributed by atoms with Crippen molar-refractivity contribution < 1.29 is 9.15 Å². The zero-order chi connectivity index (χ0) is 22.4. The van der Waals surface area contributed by atoms with Crippen LogP contribution in [0.2, 0.25) is 0 Å². The molecule has 0 radical (unpaired) electrons. The smallest absolute Gasteiger partial charge is 0.208 e. The first kappa shape index (κ1) is 23.7. The summed E-state index contributed by atoms with van der Waals surface area (Å²) in [6.45, 7) is 10.6. The summed E-state index contributed by atoms with van der Waals surface area (Å²) in [5.41, 5.74) is 2.03. The van der Waals surface area contributed by atoms with Gasteiger partial charge in [0.1, 0.15) is 16.9 Å². The minimum Gasteiger partial charge on any atom is -0.444 e. The van der Waals surface area contributed by atoms with Crippen molar-refractivity contribution in [3.63, 3.8) is 0 Å². The summed E-state index contributed by atoms with van der Waals surface area (Å²) in [5.74, 6) is 3.30. The standard InChI is InChI=1S/C22H36N6O2S/c1-15-16(2)30-20(25-15)13-28-9-7-18(8-10-28)11-24-22(23-4)27(5)12-19-14-31-21(26-19)17(3)29-6/h14,17-18H,7-13H2,1-6H3,(H,23,24). The number of rotatable bonds is 8. The lowest BCUT2D eigenvalue weighted by Gasteiger charge is -2.32. The zero-order valence-corrected chi connectivity index (χ0v) is 20.5. The van der Waals surface area contributed by atoms with Crippen LogP contribution in [0.25, 0.3) is 0 Å². The van der Waals surface area contributed by atoms with Crippen LogP contribution in [0, 0.1) is 19.8 Å². The second kappa shape index (κ2) is 11.1. The van der Waals surface area contributed by atoms with E-state index in [-0.39, 0.29) is 6.10 Å². The van der Waals surface area contributed by atoms with Crippen molar-refractivity contribution in [3.8, 4) is 0 Å². The van der Waals surface area contributed by atoms with Gasteiger partial charge in [-0.05, 0) is 52.6 Å². The summed E-state index contributed by atoms with van der Waals surface area (Å²) < 4.78 is 11.1. The van der Waals surface area contributed by atoms with Crippen molar-refractivity contribution in [2.24, 2.45) is 10.9 Å². The Hall–Kier alpha value is -1.97. The van der Waals surface area contributed by atoms with E-state index in [0.717, 1.165) is 79.6 Å². The highest BCUT2D eigenvalue weighted by molar-refractivity contribution is 7.09. The number of methoxy groups -OCH3 is 1. The molecule has 172 valence electrons. The van der Waals surface area contributed by atoms with Crippen LogP contribution in [0.5, 0.6) is 0 Å².